The van der Waals surface area contributed by atoms with E-state index in [4.69, 9.17) is 5.73 Å². The van der Waals surface area contributed by atoms with Crippen LogP contribution in [0.15, 0.2) is 24.8 Å². The average molecular weight is 259 g/mol. The predicted molar refractivity (Wildman–Crippen MR) is 70.7 cm³/mol. The molecule has 6 nitrogen and oxygen atoms in total. The number of nitrogens with two attached hydrogens (primary N) is 1. The van der Waals surface area contributed by atoms with Crippen LogP contribution in [-0.2, 0) is 0 Å². The first kappa shape index (κ1) is 12.1. The Morgan fingerprint density at radius 1 is 1.42 bits per heavy atom. The molecular formula is C13H17N5O. The minimum atomic E-state index is -0.243. The Hall–Kier alpha value is -1.95. The van der Waals surface area contributed by atoms with Crippen molar-refractivity contribution in [1.29, 1.82) is 0 Å². The highest BCUT2D eigenvalue weighted by molar-refractivity contribution is 6.00. The van der Waals surface area contributed by atoms with Crippen molar-refractivity contribution >= 4 is 11.4 Å². The summed E-state index contributed by atoms with van der Waals surface area (Å²) in [5.41, 5.74) is 6.85. The molecule has 100 valence electrons. The Morgan fingerprint density at radius 3 is 2.95 bits per heavy atom. The summed E-state index contributed by atoms with van der Waals surface area (Å²) in [7, 11) is 0. The van der Waals surface area contributed by atoms with Gasteiger partial charge in [-0.1, -0.05) is 12.8 Å². The van der Waals surface area contributed by atoms with Crippen molar-refractivity contribution in [3.63, 3.8) is 0 Å². The van der Waals surface area contributed by atoms with Crippen LogP contribution in [0.2, 0.25) is 0 Å². The van der Waals surface area contributed by atoms with Crippen LogP contribution in [0.3, 0.4) is 0 Å². The first-order valence-corrected chi connectivity index (χ1v) is 6.54. The van der Waals surface area contributed by atoms with Gasteiger partial charge in [0.25, 0.3) is 5.91 Å². The number of nitrogens with zero attached hydrogens (tertiary/aromatic N) is 3. The molecule has 19 heavy (non-hydrogen) atoms. The monoisotopic (exact) mass is 259 g/mol. The van der Waals surface area contributed by atoms with Crippen LogP contribution in [0.5, 0.6) is 0 Å². The fraction of sp³-hybridized carbons (Fsp3) is 0.462. The molecule has 0 atom stereocenters. The van der Waals surface area contributed by atoms with Gasteiger partial charge in [-0.15, -0.1) is 0 Å². The lowest BCUT2D eigenvalue weighted by Crippen LogP contribution is -2.51. The van der Waals surface area contributed by atoms with Crippen LogP contribution in [-0.4, -0.2) is 32.6 Å². The normalized spacial score (nSPS) is 17.7. The Bertz CT molecular complexity index is 600. The van der Waals surface area contributed by atoms with E-state index >= 15 is 0 Å². The molecule has 1 amide bonds. The second-order valence-corrected chi connectivity index (χ2v) is 5.11. The average Bonchev–Trinajstić information content (AvgIpc) is 3.05. The van der Waals surface area contributed by atoms with E-state index in [1.165, 1.54) is 0 Å². The molecule has 1 aliphatic carbocycles. The van der Waals surface area contributed by atoms with E-state index in [1.807, 2.05) is 0 Å². The first-order chi connectivity index (χ1) is 9.24. The summed E-state index contributed by atoms with van der Waals surface area (Å²) >= 11 is 0. The van der Waals surface area contributed by atoms with Crippen molar-refractivity contribution in [3.05, 3.63) is 30.4 Å². The third kappa shape index (κ3) is 2.08. The molecule has 2 heterocycles. The molecule has 6 heteroatoms. The Morgan fingerprint density at radius 2 is 2.21 bits per heavy atom. The highest BCUT2D eigenvalue weighted by Crippen LogP contribution is 2.29. The van der Waals surface area contributed by atoms with Crippen LogP contribution in [0.4, 0.5) is 0 Å². The molecule has 0 aromatic carbocycles. The van der Waals surface area contributed by atoms with E-state index in [2.05, 4.69) is 15.4 Å². The molecule has 0 aliphatic heterocycles. The van der Waals surface area contributed by atoms with Gasteiger partial charge in [0, 0.05) is 18.9 Å². The number of nitrogens with one attached hydrogen (secondary N) is 1. The van der Waals surface area contributed by atoms with Crippen molar-refractivity contribution < 1.29 is 4.79 Å². The zero-order valence-corrected chi connectivity index (χ0v) is 10.7. The van der Waals surface area contributed by atoms with Gasteiger partial charge in [0.15, 0.2) is 0 Å². The highest BCUT2D eigenvalue weighted by atomic mass is 16.1. The van der Waals surface area contributed by atoms with Gasteiger partial charge < -0.3 is 11.1 Å². The number of hydrogen-bond donors (Lipinski definition) is 2. The summed E-state index contributed by atoms with van der Waals surface area (Å²) in [6, 6.07) is 0. The number of rotatable bonds is 3. The molecule has 1 aliphatic rings. The lowest BCUT2D eigenvalue weighted by molar-refractivity contribution is 0.0905. The van der Waals surface area contributed by atoms with Crippen LogP contribution in [0, 0.1) is 0 Å². The summed E-state index contributed by atoms with van der Waals surface area (Å²) in [6.07, 6.45) is 10.7. The molecule has 0 unspecified atom stereocenters. The Balaban J connectivity index is 1.88. The van der Waals surface area contributed by atoms with E-state index in [0.29, 0.717) is 17.6 Å². The lowest BCUT2D eigenvalue weighted by Gasteiger charge is -2.28. The molecule has 2 aromatic heterocycles. The summed E-state index contributed by atoms with van der Waals surface area (Å²) in [5.74, 6) is -0.115. The SMILES string of the molecule is NCC1(NC(=O)c2cnn3ccncc23)CCCC1. The molecule has 0 bridgehead atoms. The van der Waals surface area contributed by atoms with Gasteiger partial charge in [-0.05, 0) is 12.8 Å². The number of carbonyl (C=O) groups is 1. The fourth-order valence-corrected chi connectivity index (χ4v) is 2.75. The number of fused-ring (bicyclic) bond motifs is 1. The van der Waals surface area contributed by atoms with Gasteiger partial charge in [0.1, 0.15) is 0 Å². The maximum atomic E-state index is 12.4. The summed E-state index contributed by atoms with van der Waals surface area (Å²) < 4.78 is 1.64. The maximum Gasteiger partial charge on any atom is 0.255 e. The largest absolute Gasteiger partial charge is 0.345 e. The highest BCUT2D eigenvalue weighted by Gasteiger charge is 2.34. The van der Waals surface area contributed by atoms with E-state index in [9.17, 15) is 4.79 Å². The molecule has 0 radical (unpaired) electrons. The van der Waals surface area contributed by atoms with E-state index in [-0.39, 0.29) is 11.4 Å². The molecule has 3 rings (SSSR count). The summed E-state index contributed by atoms with van der Waals surface area (Å²) in [5, 5.41) is 7.24. The third-order valence-electron chi connectivity index (χ3n) is 3.90. The van der Waals surface area contributed by atoms with Gasteiger partial charge in [-0.25, -0.2) is 4.52 Å². The van der Waals surface area contributed by atoms with Crippen LogP contribution >= 0.6 is 0 Å². The van der Waals surface area contributed by atoms with E-state index in [1.54, 1.807) is 29.3 Å². The molecule has 0 saturated heterocycles. The minimum absolute atomic E-state index is 0.115. The number of carbonyl (C=O) groups excluding carboxylic acids is 1. The zero-order chi connectivity index (χ0) is 13.3. The molecule has 2 aromatic rings. The second kappa shape index (κ2) is 4.62. The topological polar surface area (TPSA) is 85.3 Å². The van der Waals surface area contributed by atoms with Gasteiger partial charge in [0.05, 0.1) is 29.0 Å². The van der Waals surface area contributed by atoms with Gasteiger partial charge in [-0.2, -0.15) is 5.10 Å². The molecule has 0 spiro atoms. The Labute approximate surface area is 111 Å². The van der Waals surface area contributed by atoms with Gasteiger partial charge >= 0.3 is 0 Å². The van der Waals surface area contributed by atoms with Gasteiger partial charge in [0.2, 0.25) is 0 Å². The fourth-order valence-electron chi connectivity index (χ4n) is 2.75. The predicted octanol–water partition coefficient (Wildman–Crippen LogP) is 0.731. The van der Waals surface area contributed by atoms with Crippen molar-refractivity contribution in [2.45, 2.75) is 31.2 Å². The number of aromatic nitrogens is 3. The van der Waals surface area contributed by atoms with Crippen molar-refractivity contribution in [2.75, 3.05) is 6.54 Å². The molecule has 1 fully saturated rings. The van der Waals surface area contributed by atoms with E-state index in [0.717, 1.165) is 25.7 Å². The second-order valence-electron chi connectivity index (χ2n) is 5.11. The standard InChI is InChI=1S/C13H17N5O/c14-9-13(3-1-2-4-13)17-12(19)10-7-16-18-6-5-15-8-11(10)18/h5-8H,1-4,9,14H2,(H,17,19). The maximum absolute atomic E-state index is 12.4. The van der Waals surface area contributed by atoms with Crippen molar-refractivity contribution in [2.24, 2.45) is 5.73 Å². The first-order valence-electron chi connectivity index (χ1n) is 6.54. The quantitative estimate of drug-likeness (QED) is 0.851. The molecule has 1 saturated carbocycles. The summed E-state index contributed by atoms with van der Waals surface area (Å²) in [4.78, 5) is 16.4. The number of amides is 1. The molecule has 3 N–H and O–H groups in total. The van der Waals surface area contributed by atoms with Crippen molar-refractivity contribution in [1.82, 2.24) is 19.9 Å². The molecular weight excluding hydrogens is 242 g/mol. The van der Waals surface area contributed by atoms with Crippen LogP contribution in [0.1, 0.15) is 36.0 Å². The Kier molecular flexibility index (Phi) is 2.94. The summed E-state index contributed by atoms with van der Waals surface area (Å²) in [6.45, 7) is 0.482. The number of hydrogen-bond acceptors (Lipinski definition) is 4. The smallest absolute Gasteiger partial charge is 0.255 e. The van der Waals surface area contributed by atoms with Crippen LogP contribution in [0.25, 0.3) is 5.52 Å². The third-order valence-corrected chi connectivity index (χ3v) is 3.90. The van der Waals surface area contributed by atoms with Gasteiger partial charge in [-0.3, -0.25) is 9.78 Å². The minimum Gasteiger partial charge on any atom is -0.345 e. The lowest BCUT2D eigenvalue weighted by atomic mass is 9.97. The van der Waals surface area contributed by atoms with E-state index < -0.39 is 0 Å². The van der Waals surface area contributed by atoms with Crippen LogP contribution < -0.4 is 11.1 Å². The zero-order valence-electron chi connectivity index (χ0n) is 10.7. The van der Waals surface area contributed by atoms with Crippen molar-refractivity contribution in [3.8, 4) is 0 Å².